The summed E-state index contributed by atoms with van der Waals surface area (Å²) >= 11 is 0. The van der Waals surface area contributed by atoms with E-state index < -0.39 is 5.60 Å². The summed E-state index contributed by atoms with van der Waals surface area (Å²) in [5, 5.41) is 0. The number of halogens is 1. The van der Waals surface area contributed by atoms with Gasteiger partial charge in [-0.15, -0.1) is 0 Å². The molecule has 166 valence electrons. The normalized spacial score (nSPS) is 16.2. The van der Waals surface area contributed by atoms with Gasteiger partial charge < -0.3 is 19.3 Å². The fourth-order valence-electron chi connectivity index (χ4n) is 4.45. The van der Waals surface area contributed by atoms with E-state index in [-0.39, 0.29) is 11.9 Å². The Kier molecular flexibility index (Phi) is 5.82. The molecule has 5 nitrogen and oxygen atoms in total. The van der Waals surface area contributed by atoms with Gasteiger partial charge in [0.25, 0.3) is 0 Å². The lowest BCUT2D eigenvalue weighted by molar-refractivity contribution is 0.0258. The van der Waals surface area contributed by atoms with Crippen LogP contribution in [0.5, 0.6) is 5.75 Å². The number of fused-ring (bicyclic) bond motifs is 2. The lowest BCUT2D eigenvalue weighted by atomic mass is 9.94. The SMILES string of the molecule is Cc1c2c(cc3c1N(Cc1ccccc1F)CCO3)CCN(C(=O)OC(C)(C)C)CC2. The first kappa shape index (κ1) is 21.5. The van der Waals surface area contributed by atoms with E-state index in [1.54, 1.807) is 11.0 Å². The summed E-state index contributed by atoms with van der Waals surface area (Å²) in [5.74, 6) is 0.667. The molecule has 0 unspecified atom stereocenters. The molecule has 4 rings (SSSR count). The third-order valence-corrected chi connectivity index (χ3v) is 5.92. The van der Waals surface area contributed by atoms with E-state index in [9.17, 15) is 9.18 Å². The Balaban J connectivity index is 1.60. The molecule has 1 amide bonds. The number of anilines is 1. The molecule has 2 heterocycles. The summed E-state index contributed by atoms with van der Waals surface area (Å²) in [4.78, 5) is 16.6. The van der Waals surface area contributed by atoms with Gasteiger partial charge in [0.05, 0.1) is 12.2 Å². The number of hydrogen-bond donors (Lipinski definition) is 0. The third-order valence-electron chi connectivity index (χ3n) is 5.92. The van der Waals surface area contributed by atoms with Gasteiger partial charge in [0.2, 0.25) is 0 Å². The summed E-state index contributed by atoms with van der Waals surface area (Å²) in [6.07, 6.45) is 1.26. The van der Waals surface area contributed by atoms with E-state index in [0.29, 0.717) is 38.3 Å². The number of carbonyl (C=O) groups excluding carboxylic acids is 1. The Hall–Kier alpha value is -2.76. The van der Waals surface area contributed by atoms with Crippen LogP contribution in [0.25, 0.3) is 0 Å². The van der Waals surface area contributed by atoms with Crippen LogP contribution in [0.1, 0.15) is 43.0 Å². The van der Waals surface area contributed by atoms with Crippen LogP contribution in [0.15, 0.2) is 30.3 Å². The highest BCUT2D eigenvalue weighted by atomic mass is 19.1. The number of hydrogen-bond acceptors (Lipinski definition) is 4. The molecule has 0 spiro atoms. The molecule has 0 saturated heterocycles. The van der Waals surface area contributed by atoms with Crippen molar-refractivity contribution in [1.29, 1.82) is 0 Å². The molecule has 0 saturated carbocycles. The van der Waals surface area contributed by atoms with Crippen LogP contribution < -0.4 is 9.64 Å². The second-order valence-corrected chi connectivity index (χ2v) is 9.31. The highest BCUT2D eigenvalue weighted by Crippen LogP contribution is 2.40. The van der Waals surface area contributed by atoms with Crippen molar-refractivity contribution in [2.75, 3.05) is 31.1 Å². The molecule has 31 heavy (non-hydrogen) atoms. The highest BCUT2D eigenvalue weighted by Gasteiger charge is 2.29. The number of ether oxygens (including phenoxy) is 2. The van der Waals surface area contributed by atoms with E-state index in [1.807, 2.05) is 32.9 Å². The highest BCUT2D eigenvalue weighted by molar-refractivity contribution is 5.71. The molecule has 0 radical (unpaired) electrons. The minimum absolute atomic E-state index is 0.184. The first-order chi connectivity index (χ1) is 14.7. The van der Waals surface area contributed by atoms with Crippen molar-refractivity contribution in [2.24, 2.45) is 0 Å². The third kappa shape index (κ3) is 4.63. The van der Waals surface area contributed by atoms with Crippen LogP contribution in [0.4, 0.5) is 14.9 Å². The summed E-state index contributed by atoms with van der Waals surface area (Å²) < 4.78 is 25.9. The van der Waals surface area contributed by atoms with E-state index in [2.05, 4.69) is 17.9 Å². The Labute approximate surface area is 183 Å². The van der Waals surface area contributed by atoms with Crippen LogP contribution in [0.2, 0.25) is 0 Å². The molecule has 0 aliphatic carbocycles. The van der Waals surface area contributed by atoms with Crippen molar-refractivity contribution in [3.63, 3.8) is 0 Å². The molecule has 0 aromatic heterocycles. The molecule has 2 aliphatic rings. The first-order valence-corrected chi connectivity index (χ1v) is 11.0. The van der Waals surface area contributed by atoms with Crippen LogP contribution in [0.3, 0.4) is 0 Å². The number of rotatable bonds is 2. The zero-order chi connectivity index (χ0) is 22.2. The minimum Gasteiger partial charge on any atom is -0.490 e. The van der Waals surface area contributed by atoms with Gasteiger partial charge in [0, 0.05) is 25.2 Å². The fraction of sp³-hybridized carbons (Fsp3) is 0.480. The Morgan fingerprint density at radius 3 is 2.65 bits per heavy atom. The monoisotopic (exact) mass is 426 g/mol. The van der Waals surface area contributed by atoms with Crippen molar-refractivity contribution >= 4 is 11.8 Å². The zero-order valence-electron chi connectivity index (χ0n) is 18.8. The van der Waals surface area contributed by atoms with Crippen LogP contribution in [-0.2, 0) is 24.1 Å². The molecule has 2 aromatic rings. The molecular formula is C25H31FN2O3. The largest absolute Gasteiger partial charge is 0.490 e. The van der Waals surface area contributed by atoms with Gasteiger partial charge in [-0.3, -0.25) is 0 Å². The summed E-state index contributed by atoms with van der Waals surface area (Å²) in [6.45, 7) is 10.8. The average molecular weight is 427 g/mol. The van der Waals surface area contributed by atoms with Crippen molar-refractivity contribution < 1.29 is 18.7 Å². The maximum absolute atomic E-state index is 14.3. The van der Waals surface area contributed by atoms with Crippen molar-refractivity contribution in [3.8, 4) is 5.75 Å². The minimum atomic E-state index is -0.508. The zero-order valence-corrected chi connectivity index (χ0v) is 18.8. The molecular weight excluding hydrogens is 395 g/mol. The topological polar surface area (TPSA) is 42.0 Å². The standard InChI is InChI=1S/C25H31FN2O3/c1-17-20-10-12-27(24(29)31-25(2,3)4)11-9-18(20)15-22-23(17)28(13-14-30-22)16-19-7-5-6-8-21(19)26/h5-8,15H,9-14,16H2,1-4H3. The number of carbonyl (C=O) groups is 1. The number of amides is 1. The summed E-state index contributed by atoms with van der Waals surface area (Å²) in [7, 11) is 0. The lowest BCUT2D eigenvalue weighted by Gasteiger charge is -2.34. The quantitative estimate of drug-likeness (QED) is 0.687. The number of benzene rings is 2. The molecule has 0 fully saturated rings. The Bertz CT molecular complexity index is 983. The summed E-state index contributed by atoms with van der Waals surface area (Å²) in [5.41, 5.74) is 4.85. The van der Waals surface area contributed by atoms with Crippen LogP contribution >= 0.6 is 0 Å². The van der Waals surface area contributed by atoms with Crippen LogP contribution in [0, 0.1) is 12.7 Å². The van der Waals surface area contributed by atoms with Gasteiger partial charge in [0.15, 0.2) is 0 Å². The van der Waals surface area contributed by atoms with E-state index in [4.69, 9.17) is 9.47 Å². The molecule has 0 N–H and O–H groups in total. The predicted molar refractivity (Wildman–Crippen MR) is 119 cm³/mol. The molecule has 0 bridgehead atoms. The van der Waals surface area contributed by atoms with Crippen LogP contribution in [-0.4, -0.2) is 42.8 Å². The van der Waals surface area contributed by atoms with Gasteiger partial charge in [-0.25, -0.2) is 9.18 Å². The second kappa shape index (κ2) is 8.40. The smallest absolute Gasteiger partial charge is 0.410 e. The molecule has 0 atom stereocenters. The fourth-order valence-corrected chi connectivity index (χ4v) is 4.45. The van der Waals surface area contributed by atoms with E-state index >= 15 is 0 Å². The van der Waals surface area contributed by atoms with Gasteiger partial charge in [0.1, 0.15) is 23.8 Å². The van der Waals surface area contributed by atoms with Gasteiger partial charge in [-0.2, -0.15) is 0 Å². The average Bonchev–Trinajstić information content (AvgIpc) is 2.91. The van der Waals surface area contributed by atoms with Gasteiger partial charge in [-0.05, 0) is 69.4 Å². The lowest BCUT2D eigenvalue weighted by Crippen LogP contribution is -2.38. The maximum Gasteiger partial charge on any atom is 0.410 e. The van der Waals surface area contributed by atoms with Crippen molar-refractivity contribution in [2.45, 2.75) is 52.7 Å². The Morgan fingerprint density at radius 2 is 1.90 bits per heavy atom. The predicted octanol–water partition coefficient (Wildman–Crippen LogP) is 4.87. The molecule has 6 heteroatoms. The summed E-state index contributed by atoms with van der Waals surface area (Å²) in [6, 6.07) is 9.04. The van der Waals surface area contributed by atoms with Gasteiger partial charge in [-0.1, -0.05) is 18.2 Å². The second-order valence-electron chi connectivity index (χ2n) is 9.31. The van der Waals surface area contributed by atoms with Crippen molar-refractivity contribution in [1.82, 2.24) is 4.90 Å². The Morgan fingerprint density at radius 1 is 1.16 bits per heavy atom. The number of nitrogens with zero attached hydrogens (tertiary/aromatic N) is 2. The first-order valence-electron chi connectivity index (χ1n) is 11.0. The molecule has 2 aromatic carbocycles. The van der Waals surface area contributed by atoms with E-state index in [0.717, 1.165) is 29.8 Å². The van der Waals surface area contributed by atoms with E-state index in [1.165, 1.54) is 17.2 Å². The van der Waals surface area contributed by atoms with Crippen molar-refractivity contribution in [3.05, 3.63) is 58.4 Å². The molecule has 2 aliphatic heterocycles. The maximum atomic E-state index is 14.3. The van der Waals surface area contributed by atoms with Gasteiger partial charge >= 0.3 is 6.09 Å².